The molecular formula is C22H15NO4S2. The minimum absolute atomic E-state index is 0.201. The zero-order chi connectivity index (χ0) is 20.4. The number of carbonyl (C=O) groups is 2. The third kappa shape index (κ3) is 3.87. The van der Waals surface area contributed by atoms with Crippen molar-refractivity contribution in [2.24, 2.45) is 0 Å². The highest BCUT2D eigenvalue weighted by Gasteiger charge is 2.41. The van der Waals surface area contributed by atoms with Gasteiger partial charge in [-0.05, 0) is 17.7 Å². The van der Waals surface area contributed by atoms with Crippen molar-refractivity contribution in [2.75, 3.05) is 0 Å². The number of carboxylic acid groups (broad SMARTS) is 1. The number of rotatable bonds is 5. The van der Waals surface area contributed by atoms with Gasteiger partial charge in [-0.15, -0.1) is 0 Å². The van der Waals surface area contributed by atoms with E-state index in [1.165, 1.54) is 0 Å². The highest BCUT2D eigenvalue weighted by molar-refractivity contribution is 8.26. The number of amides is 1. The van der Waals surface area contributed by atoms with Gasteiger partial charge < -0.3 is 9.52 Å². The first-order chi connectivity index (χ1) is 14.0. The third-order valence-electron chi connectivity index (χ3n) is 4.39. The van der Waals surface area contributed by atoms with E-state index in [1.54, 1.807) is 42.5 Å². The second kappa shape index (κ2) is 8.06. The molecule has 3 aromatic rings. The molecule has 144 valence electrons. The minimum atomic E-state index is -1.17. The summed E-state index contributed by atoms with van der Waals surface area (Å²) in [5.74, 6) is -0.414. The van der Waals surface area contributed by atoms with Crippen LogP contribution in [0.5, 0.6) is 0 Å². The van der Waals surface area contributed by atoms with Gasteiger partial charge in [-0.3, -0.25) is 9.69 Å². The van der Waals surface area contributed by atoms with E-state index in [-0.39, 0.29) is 4.32 Å². The number of furan rings is 1. The topological polar surface area (TPSA) is 70.8 Å². The number of aliphatic carboxylic acids is 1. The van der Waals surface area contributed by atoms with Gasteiger partial charge >= 0.3 is 5.97 Å². The van der Waals surface area contributed by atoms with E-state index in [1.807, 2.05) is 36.4 Å². The molecule has 1 amide bonds. The molecule has 2 aromatic carbocycles. The van der Waals surface area contributed by atoms with E-state index >= 15 is 0 Å². The number of thiocarbonyl (C=S) groups is 1. The maximum atomic E-state index is 13.0. The van der Waals surface area contributed by atoms with Crippen LogP contribution in [0.4, 0.5) is 0 Å². The van der Waals surface area contributed by atoms with Crippen LogP contribution in [0.15, 0.2) is 82.1 Å². The molecular weight excluding hydrogens is 406 g/mol. The Labute approximate surface area is 176 Å². The predicted octanol–water partition coefficient (Wildman–Crippen LogP) is 4.97. The predicted molar refractivity (Wildman–Crippen MR) is 116 cm³/mol. The summed E-state index contributed by atoms with van der Waals surface area (Å²) in [6, 6.07) is 20.6. The number of carboxylic acids is 1. The van der Waals surface area contributed by atoms with Gasteiger partial charge in [0.1, 0.15) is 15.8 Å². The van der Waals surface area contributed by atoms with E-state index in [9.17, 15) is 14.7 Å². The van der Waals surface area contributed by atoms with Gasteiger partial charge in [0, 0.05) is 11.6 Å². The molecule has 1 aliphatic rings. The molecule has 7 heteroatoms. The fraction of sp³-hybridized carbons (Fsp3) is 0.0455. The Morgan fingerprint density at radius 2 is 1.69 bits per heavy atom. The number of nitrogens with zero attached hydrogens (tertiary/aromatic N) is 1. The second-order valence-electron chi connectivity index (χ2n) is 6.27. The van der Waals surface area contributed by atoms with Crippen LogP contribution in [0, 0.1) is 0 Å². The molecule has 0 spiro atoms. The minimum Gasteiger partial charge on any atom is -0.479 e. The highest BCUT2D eigenvalue weighted by Crippen LogP contribution is 2.38. The quantitative estimate of drug-likeness (QED) is 0.463. The molecule has 2 heterocycles. The van der Waals surface area contributed by atoms with Crippen molar-refractivity contribution in [1.29, 1.82) is 0 Å². The van der Waals surface area contributed by atoms with Crippen LogP contribution in [0.1, 0.15) is 17.4 Å². The van der Waals surface area contributed by atoms with Gasteiger partial charge in [0.2, 0.25) is 0 Å². The summed E-state index contributed by atoms with van der Waals surface area (Å²) in [6.07, 6.45) is 1.59. The maximum absolute atomic E-state index is 13.0. The molecule has 1 saturated heterocycles. The molecule has 1 atom stereocenters. The van der Waals surface area contributed by atoms with E-state index in [2.05, 4.69) is 0 Å². The molecule has 1 aliphatic heterocycles. The van der Waals surface area contributed by atoms with Gasteiger partial charge in [0.05, 0.1) is 4.91 Å². The Hall–Kier alpha value is -3.16. The molecule has 4 rings (SSSR count). The number of hydrogen-bond acceptors (Lipinski definition) is 5. The summed E-state index contributed by atoms with van der Waals surface area (Å²) >= 11 is 6.39. The smallest absolute Gasteiger partial charge is 0.331 e. The van der Waals surface area contributed by atoms with Gasteiger partial charge in [0.15, 0.2) is 6.04 Å². The van der Waals surface area contributed by atoms with Crippen molar-refractivity contribution in [2.45, 2.75) is 6.04 Å². The van der Waals surface area contributed by atoms with Crippen LogP contribution in [0.2, 0.25) is 0 Å². The summed E-state index contributed by atoms with van der Waals surface area (Å²) in [5, 5.41) is 9.73. The average molecular weight is 421 g/mol. The largest absolute Gasteiger partial charge is 0.479 e. The summed E-state index contributed by atoms with van der Waals surface area (Å²) < 4.78 is 6.02. The van der Waals surface area contributed by atoms with Crippen molar-refractivity contribution in [1.82, 2.24) is 4.90 Å². The molecule has 5 nitrogen and oxygen atoms in total. The fourth-order valence-corrected chi connectivity index (χ4v) is 4.35. The number of thioether (sulfide) groups is 1. The van der Waals surface area contributed by atoms with Crippen molar-refractivity contribution in [3.05, 3.63) is 89.0 Å². The molecule has 0 aliphatic carbocycles. The van der Waals surface area contributed by atoms with Crippen LogP contribution in [0.25, 0.3) is 17.4 Å². The Kier molecular flexibility index (Phi) is 5.33. The normalized spacial score (nSPS) is 16.4. The Morgan fingerprint density at radius 1 is 1.03 bits per heavy atom. The molecule has 0 radical (unpaired) electrons. The number of carbonyl (C=O) groups excluding carboxylic acids is 1. The first-order valence-electron chi connectivity index (χ1n) is 8.74. The zero-order valence-electron chi connectivity index (χ0n) is 15.0. The van der Waals surface area contributed by atoms with Crippen molar-refractivity contribution in [3.63, 3.8) is 0 Å². The highest BCUT2D eigenvalue weighted by atomic mass is 32.2. The molecule has 0 saturated carbocycles. The average Bonchev–Trinajstić information content (AvgIpc) is 3.30. The van der Waals surface area contributed by atoms with E-state index in [0.29, 0.717) is 22.0 Å². The lowest BCUT2D eigenvalue weighted by Gasteiger charge is -2.23. The van der Waals surface area contributed by atoms with Crippen LogP contribution in [-0.4, -0.2) is 26.2 Å². The molecule has 1 aromatic heterocycles. The Bertz CT molecular complexity index is 1110. The van der Waals surface area contributed by atoms with E-state index in [0.717, 1.165) is 22.2 Å². The summed E-state index contributed by atoms with van der Waals surface area (Å²) in [7, 11) is 0. The van der Waals surface area contributed by atoms with Crippen molar-refractivity contribution >= 4 is 46.3 Å². The first kappa shape index (κ1) is 19.2. The lowest BCUT2D eigenvalue weighted by Crippen LogP contribution is -2.37. The van der Waals surface area contributed by atoms with E-state index < -0.39 is 17.9 Å². The maximum Gasteiger partial charge on any atom is 0.331 e. The lowest BCUT2D eigenvalue weighted by atomic mass is 10.1. The van der Waals surface area contributed by atoms with Gasteiger partial charge in [0.25, 0.3) is 5.91 Å². The summed E-state index contributed by atoms with van der Waals surface area (Å²) in [6.45, 7) is 0. The van der Waals surface area contributed by atoms with Crippen LogP contribution < -0.4 is 0 Å². The van der Waals surface area contributed by atoms with Gasteiger partial charge in [-0.25, -0.2) is 4.79 Å². The first-order valence-corrected chi connectivity index (χ1v) is 9.97. The number of benzene rings is 2. The fourth-order valence-electron chi connectivity index (χ4n) is 3.06. The summed E-state index contributed by atoms with van der Waals surface area (Å²) in [4.78, 5) is 26.3. The SMILES string of the molecule is O=C(O)C(c1ccccc1)N1C(=O)/C(=C/c2ccc(-c3ccccc3)o2)SC1=S. The Balaban J connectivity index is 1.63. The molecule has 1 unspecified atom stereocenters. The van der Waals surface area contributed by atoms with Crippen molar-refractivity contribution < 1.29 is 19.1 Å². The van der Waals surface area contributed by atoms with Gasteiger partial charge in [-0.1, -0.05) is 84.6 Å². The standard InChI is InChI=1S/C22H15NO4S2/c24-20-18(13-16-11-12-17(27-16)14-7-3-1-4-8-14)29-22(28)23(20)19(21(25)26)15-9-5-2-6-10-15/h1-13,19H,(H,25,26)/b18-13-. The number of hydrogen-bond donors (Lipinski definition) is 1. The monoisotopic (exact) mass is 421 g/mol. The van der Waals surface area contributed by atoms with E-state index in [4.69, 9.17) is 16.6 Å². The van der Waals surface area contributed by atoms with Gasteiger partial charge in [-0.2, -0.15) is 0 Å². The zero-order valence-corrected chi connectivity index (χ0v) is 16.7. The Morgan fingerprint density at radius 3 is 2.34 bits per heavy atom. The van der Waals surface area contributed by atoms with Crippen LogP contribution in [0.3, 0.4) is 0 Å². The lowest BCUT2D eigenvalue weighted by molar-refractivity contribution is -0.145. The van der Waals surface area contributed by atoms with Crippen molar-refractivity contribution in [3.8, 4) is 11.3 Å². The molecule has 0 bridgehead atoms. The van der Waals surface area contributed by atoms with Crippen LogP contribution >= 0.6 is 24.0 Å². The second-order valence-corrected chi connectivity index (χ2v) is 7.95. The molecule has 1 N–H and O–H groups in total. The van der Waals surface area contributed by atoms with Crippen LogP contribution in [-0.2, 0) is 9.59 Å². The molecule has 1 fully saturated rings. The molecule has 29 heavy (non-hydrogen) atoms. The third-order valence-corrected chi connectivity index (χ3v) is 5.72. The summed E-state index contributed by atoms with van der Waals surface area (Å²) in [5.41, 5.74) is 1.41.